The Hall–Kier alpha value is -3.19. The number of nitrogens with zero attached hydrogens (tertiary/aromatic N) is 2. The van der Waals surface area contributed by atoms with Gasteiger partial charge in [-0.2, -0.15) is 13.2 Å². The summed E-state index contributed by atoms with van der Waals surface area (Å²) in [5, 5.41) is 1.33. The molecular formula is C22H13Cl3F5N3O4. The average molecular weight is 585 g/mol. The quantitative estimate of drug-likeness (QED) is 0.241. The van der Waals surface area contributed by atoms with Crippen LogP contribution in [-0.4, -0.2) is 35.7 Å². The highest BCUT2D eigenvalue weighted by Gasteiger charge is 2.32. The molecular weight excluding hydrogens is 572 g/mol. The number of carbonyl (C=O) groups excluding carboxylic acids is 2. The molecule has 0 unspecified atom stereocenters. The van der Waals surface area contributed by atoms with Crippen molar-refractivity contribution in [2.24, 2.45) is 0 Å². The molecule has 0 radical (unpaired) electrons. The van der Waals surface area contributed by atoms with Gasteiger partial charge in [0.1, 0.15) is 29.0 Å². The maximum Gasteiger partial charge on any atom is 0.417 e. The number of pyridine rings is 1. The number of methoxy groups -OCH3 is 1. The molecule has 0 fully saturated rings. The summed E-state index contributed by atoms with van der Waals surface area (Å²) in [5.41, 5.74) is -2.16. The van der Waals surface area contributed by atoms with E-state index in [1.54, 1.807) is 0 Å². The normalized spacial score (nSPS) is 11.3. The zero-order valence-electron chi connectivity index (χ0n) is 18.3. The number of hydrogen-bond donors (Lipinski definition) is 1. The van der Waals surface area contributed by atoms with Gasteiger partial charge in [-0.15, -0.1) is 0 Å². The molecule has 0 bridgehead atoms. The van der Waals surface area contributed by atoms with E-state index in [2.05, 4.69) is 10.3 Å². The van der Waals surface area contributed by atoms with Gasteiger partial charge in [-0.05, 0) is 30.3 Å². The van der Waals surface area contributed by atoms with Crippen molar-refractivity contribution >= 4 is 52.4 Å². The second-order valence-corrected chi connectivity index (χ2v) is 8.28. The summed E-state index contributed by atoms with van der Waals surface area (Å²) < 4.78 is 76.7. The zero-order valence-corrected chi connectivity index (χ0v) is 20.6. The van der Waals surface area contributed by atoms with Gasteiger partial charge >= 0.3 is 12.2 Å². The lowest BCUT2D eigenvalue weighted by atomic mass is 10.1. The first-order chi connectivity index (χ1) is 17.3. The number of rotatable bonds is 6. The van der Waals surface area contributed by atoms with E-state index < -0.39 is 58.5 Å². The number of carbonyl (C=O) groups is 2. The van der Waals surface area contributed by atoms with Crippen molar-refractivity contribution in [2.45, 2.75) is 6.18 Å². The second-order valence-electron chi connectivity index (χ2n) is 7.06. The van der Waals surface area contributed by atoms with E-state index in [0.29, 0.717) is 17.2 Å². The predicted molar refractivity (Wildman–Crippen MR) is 124 cm³/mol. The summed E-state index contributed by atoms with van der Waals surface area (Å²) in [4.78, 5) is 29.3. The molecule has 2 aromatic carbocycles. The van der Waals surface area contributed by atoms with E-state index >= 15 is 0 Å². The maximum atomic E-state index is 14.1. The maximum absolute atomic E-state index is 14.1. The SMILES string of the molecule is COCN(C(=O)Nc1cc(Cl)c(Oc2ncc(C(F)(F)F)cc2Cl)c(Cl)c1)C(=O)c1c(F)cccc1F. The van der Waals surface area contributed by atoms with Crippen molar-refractivity contribution in [3.63, 3.8) is 0 Å². The summed E-state index contributed by atoms with van der Waals surface area (Å²) >= 11 is 18.1. The van der Waals surface area contributed by atoms with E-state index in [9.17, 15) is 31.5 Å². The number of benzene rings is 2. The first-order valence-electron chi connectivity index (χ1n) is 9.79. The molecule has 1 heterocycles. The molecule has 0 saturated heterocycles. The van der Waals surface area contributed by atoms with Gasteiger partial charge in [-0.3, -0.25) is 4.79 Å². The first kappa shape index (κ1) is 28.4. The van der Waals surface area contributed by atoms with Gasteiger partial charge in [0.05, 0.1) is 15.6 Å². The van der Waals surface area contributed by atoms with Crippen LogP contribution in [0.1, 0.15) is 15.9 Å². The molecule has 0 spiro atoms. The van der Waals surface area contributed by atoms with Gasteiger partial charge < -0.3 is 14.8 Å². The number of aromatic nitrogens is 1. The molecule has 0 aliphatic rings. The van der Waals surface area contributed by atoms with Crippen LogP contribution in [0.25, 0.3) is 0 Å². The third kappa shape index (κ3) is 6.58. The zero-order chi connectivity index (χ0) is 27.5. The summed E-state index contributed by atoms with van der Waals surface area (Å²) in [6, 6.07) is 4.42. The van der Waals surface area contributed by atoms with Gasteiger partial charge in [0.2, 0.25) is 5.88 Å². The molecule has 196 valence electrons. The van der Waals surface area contributed by atoms with Crippen molar-refractivity contribution in [3.05, 3.63) is 80.4 Å². The lowest BCUT2D eigenvalue weighted by molar-refractivity contribution is -0.137. The van der Waals surface area contributed by atoms with Crippen molar-refractivity contribution in [3.8, 4) is 11.6 Å². The Bertz CT molecular complexity index is 1310. The van der Waals surface area contributed by atoms with Gasteiger partial charge in [-0.1, -0.05) is 40.9 Å². The molecule has 3 rings (SSSR count). The molecule has 1 N–H and O–H groups in total. The van der Waals surface area contributed by atoms with E-state index in [4.69, 9.17) is 44.3 Å². The lowest BCUT2D eigenvalue weighted by Gasteiger charge is -2.21. The highest BCUT2D eigenvalue weighted by Crippen LogP contribution is 2.41. The Morgan fingerprint density at radius 2 is 1.62 bits per heavy atom. The Morgan fingerprint density at radius 3 is 2.14 bits per heavy atom. The Labute approximate surface area is 220 Å². The molecule has 0 atom stereocenters. The number of nitrogens with one attached hydrogen (secondary N) is 1. The second kappa shape index (κ2) is 11.5. The van der Waals surface area contributed by atoms with Crippen LogP contribution in [-0.2, 0) is 10.9 Å². The number of alkyl halides is 3. The van der Waals surface area contributed by atoms with Gasteiger partial charge in [0, 0.05) is 19.0 Å². The van der Waals surface area contributed by atoms with E-state index in [0.717, 1.165) is 37.4 Å². The van der Waals surface area contributed by atoms with Crippen molar-refractivity contribution in [1.82, 2.24) is 9.88 Å². The fourth-order valence-electron chi connectivity index (χ4n) is 2.85. The Kier molecular flexibility index (Phi) is 8.80. The van der Waals surface area contributed by atoms with Crippen LogP contribution in [0.3, 0.4) is 0 Å². The van der Waals surface area contributed by atoms with Crippen LogP contribution in [0, 0.1) is 11.6 Å². The number of ether oxygens (including phenoxy) is 2. The topological polar surface area (TPSA) is 80.8 Å². The van der Waals surface area contributed by atoms with Crippen molar-refractivity contribution in [2.75, 3.05) is 19.2 Å². The molecule has 15 heteroatoms. The number of urea groups is 1. The standard InChI is InChI=1S/C22H13Cl3F5N3O4/c1-36-9-33(20(34)17-15(26)3-2-4-16(17)27)21(35)32-11-6-12(23)18(13(24)7-11)37-19-14(25)5-10(8-31-19)22(28,29)30/h2-8H,9H2,1H3,(H,32,35). The minimum Gasteiger partial charge on any atom is -0.434 e. The molecule has 3 aromatic rings. The largest absolute Gasteiger partial charge is 0.434 e. The van der Waals surface area contributed by atoms with Crippen molar-refractivity contribution in [1.29, 1.82) is 0 Å². The highest BCUT2D eigenvalue weighted by molar-refractivity contribution is 6.38. The summed E-state index contributed by atoms with van der Waals surface area (Å²) in [7, 11) is 1.14. The third-order valence-electron chi connectivity index (χ3n) is 4.51. The van der Waals surface area contributed by atoms with Crippen LogP contribution in [0.15, 0.2) is 42.6 Å². The van der Waals surface area contributed by atoms with Gasteiger partial charge in [0.25, 0.3) is 5.91 Å². The minimum absolute atomic E-state index is 0.0817. The van der Waals surface area contributed by atoms with E-state index in [1.807, 2.05) is 0 Å². The van der Waals surface area contributed by atoms with Gasteiger partial charge in [-0.25, -0.2) is 23.5 Å². The van der Waals surface area contributed by atoms with Crippen molar-refractivity contribution < 1.29 is 41.0 Å². The monoisotopic (exact) mass is 583 g/mol. The van der Waals surface area contributed by atoms with Crippen LogP contribution in [0.5, 0.6) is 11.6 Å². The number of hydrogen-bond acceptors (Lipinski definition) is 5. The molecule has 37 heavy (non-hydrogen) atoms. The molecule has 0 saturated carbocycles. The summed E-state index contributed by atoms with van der Waals surface area (Å²) in [6.07, 6.45) is -4.18. The van der Waals surface area contributed by atoms with Gasteiger partial charge in [0.15, 0.2) is 5.75 Å². The Morgan fingerprint density at radius 1 is 1.03 bits per heavy atom. The number of halogens is 8. The minimum atomic E-state index is -4.68. The number of anilines is 1. The van der Waals surface area contributed by atoms with E-state index in [-0.39, 0.29) is 21.5 Å². The first-order valence-corrected chi connectivity index (χ1v) is 10.9. The van der Waals surface area contributed by atoms with Crippen LogP contribution < -0.4 is 10.1 Å². The number of imide groups is 1. The molecule has 3 amide bonds. The van der Waals surface area contributed by atoms with E-state index in [1.165, 1.54) is 0 Å². The fraction of sp³-hybridized carbons (Fsp3) is 0.136. The van der Waals surface area contributed by atoms with Crippen LogP contribution in [0.2, 0.25) is 15.1 Å². The molecule has 1 aromatic heterocycles. The lowest BCUT2D eigenvalue weighted by Crippen LogP contribution is -2.42. The summed E-state index contributed by atoms with van der Waals surface area (Å²) in [5.74, 6) is -4.40. The number of amides is 3. The predicted octanol–water partition coefficient (Wildman–Crippen LogP) is 7.41. The Balaban J connectivity index is 1.84. The molecule has 7 nitrogen and oxygen atoms in total. The smallest absolute Gasteiger partial charge is 0.417 e. The fourth-order valence-corrected chi connectivity index (χ4v) is 3.62. The third-order valence-corrected chi connectivity index (χ3v) is 5.34. The highest BCUT2D eigenvalue weighted by atomic mass is 35.5. The average Bonchev–Trinajstić information content (AvgIpc) is 2.79. The molecule has 0 aliphatic heterocycles. The summed E-state index contributed by atoms with van der Waals surface area (Å²) in [6.45, 7) is -0.667. The molecule has 0 aliphatic carbocycles. The van der Waals surface area contributed by atoms with Crippen LogP contribution >= 0.6 is 34.8 Å². The van der Waals surface area contributed by atoms with Crippen LogP contribution in [0.4, 0.5) is 32.4 Å².